The maximum atomic E-state index is 2.84. The van der Waals surface area contributed by atoms with Gasteiger partial charge in [-0.25, -0.2) is 0 Å². The minimum atomic E-state index is 0.820. The highest BCUT2D eigenvalue weighted by Crippen LogP contribution is 2.20. The molecule has 0 N–H and O–H groups in total. The van der Waals surface area contributed by atoms with E-state index in [0.717, 1.165) is 12.6 Å². The largest absolute Gasteiger partial charge is 0.299 e. The minimum absolute atomic E-state index is 0.820. The Balaban J connectivity index is 1.45. The average molecular weight is 291 g/mol. The van der Waals surface area contributed by atoms with Gasteiger partial charge in [0.1, 0.15) is 0 Å². The lowest BCUT2D eigenvalue weighted by Gasteiger charge is -2.42. The van der Waals surface area contributed by atoms with Crippen LogP contribution in [0.4, 0.5) is 0 Å². The van der Waals surface area contributed by atoms with Gasteiger partial charge in [0, 0.05) is 38.8 Å². The van der Waals surface area contributed by atoms with E-state index in [1.54, 1.807) is 0 Å². The van der Waals surface area contributed by atoms with Crippen molar-refractivity contribution in [2.45, 2.75) is 25.4 Å². The van der Waals surface area contributed by atoms with Crippen LogP contribution in [-0.4, -0.2) is 59.8 Å². The first-order valence-corrected chi connectivity index (χ1v) is 8.33. The molecule has 0 spiro atoms. The van der Waals surface area contributed by atoms with Gasteiger partial charge in [0.25, 0.3) is 0 Å². The van der Waals surface area contributed by atoms with Crippen LogP contribution in [0.15, 0.2) is 30.3 Å². The van der Waals surface area contributed by atoms with Crippen LogP contribution < -0.4 is 0 Å². The lowest BCUT2D eigenvalue weighted by atomic mass is 10.0. The van der Waals surface area contributed by atoms with Crippen LogP contribution in [-0.2, 0) is 6.54 Å². The fraction of sp³-hybridized carbons (Fsp3) is 0.625. The number of rotatable bonds is 3. The number of likely N-dealkylation sites (tertiary alicyclic amines) is 1. The number of piperidine rings is 1. The Morgan fingerprint density at radius 3 is 2.20 bits per heavy atom. The van der Waals surface area contributed by atoms with Gasteiger partial charge < -0.3 is 0 Å². The Kier molecular flexibility index (Phi) is 5.06. The summed E-state index contributed by atoms with van der Waals surface area (Å²) in [5, 5.41) is 0. The van der Waals surface area contributed by atoms with Crippen molar-refractivity contribution in [1.29, 1.82) is 0 Å². The number of hydrogen-bond acceptors (Lipinski definition) is 3. The molecule has 2 heterocycles. The lowest BCUT2D eigenvalue weighted by Crippen LogP contribution is -2.51. The van der Waals surface area contributed by atoms with E-state index in [4.69, 9.17) is 0 Å². The molecule has 1 unspecified atom stereocenters. The molecule has 3 rings (SSSR count). The maximum absolute atomic E-state index is 2.84. The van der Waals surface area contributed by atoms with Crippen LogP contribution in [0.1, 0.15) is 18.4 Å². The van der Waals surface area contributed by atoms with Gasteiger partial charge in [-0.05, 0) is 31.5 Å². The molecule has 0 radical (unpaired) electrons. The summed E-state index contributed by atoms with van der Waals surface area (Å²) >= 11 is 0. The molecule has 1 aromatic carbocycles. The Morgan fingerprint density at radius 1 is 0.900 bits per heavy atom. The highest BCUT2D eigenvalue weighted by molar-refractivity contribution is 7.13. The summed E-state index contributed by atoms with van der Waals surface area (Å²) in [4.78, 5) is 5.32. The number of hydrogen-bond donors (Lipinski definition) is 0. The van der Waals surface area contributed by atoms with E-state index in [9.17, 15) is 0 Å². The van der Waals surface area contributed by atoms with E-state index in [0.29, 0.717) is 0 Å². The van der Waals surface area contributed by atoms with E-state index < -0.39 is 0 Å². The molecule has 2 fully saturated rings. The van der Waals surface area contributed by atoms with E-state index in [1.165, 1.54) is 57.7 Å². The van der Waals surface area contributed by atoms with E-state index in [1.807, 2.05) is 0 Å². The van der Waals surface area contributed by atoms with Crippen molar-refractivity contribution in [3.8, 4) is 0 Å². The predicted octanol–water partition coefficient (Wildman–Crippen LogP) is 2.06. The fourth-order valence-corrected chi connectivity index (χ4v) is 3.62. The van der Waals surface area contributed by atoms with Crippen molar-refractivity contribution < 1.29 is 0 Å². The van der Waals surface area contributed by atoms with Crippen LogP contribution in [0, 0.1) is 0 Å². The smallest absolute Gasteiger partial charge is 0.0233 e. The molecule has 2 saturated heterocycles. The van der Waals surface area contributed by atoms with Crippen molar-refractivity contribution in [3.63, 3.8) is 0 Å². The van der Waals surface area contributed by atoms with Gasteiger partial charge in [-0.1, -0.05) is 39.7 Å². The molecular formula is C16H26N3P. The number of nitrogens with zero attached hydrogens (tertiary/aromatic N) is 3. The lowest BCUT2D eigenvalue weighted by molar-refractivity contribution is 0.0805. The molecule has 0 amide bonds. The second-order valence-corrected chi connectivity index (χ2v) is 6.80. The topological polar surface area (TPSA) is 9.72 Å². The van der Waals surface area contributed by atoms with Crippen LogP contribution >= 0.6 is 9.39 Å². The van der Waals surface area contributed by atoms with E-state index in [-0.39, 0.29) is 0 Å². The third-order valence-corrected chi connectivity index (χ3v) is 5.19. The molecule has 1 atom stereocenters. The van der Waals surface area contributed by atoms with Crippen LogP contribution in [0.2, 0.25) is 0 Å². The Labute approximate surface area is 125 Å². The predicted molar refractivity (Wildman–Crippen MR) is 87.6 cm³/mol. The zero-order valence-electron chi connectivity index (χ0n) is 12.2. The number of benzene rings is 1. The van der Waals surface area contributed by atoms with Gasteiger partial charge in [-0.3, -0.25) is 14.5 Å². The SMILES string of the molecule is PN1CCN(C2CCN(Cc3ccccc3)CC2)CC1. The van der Waals surface area contributed by atoms with E-state index >= 15 is 0 Å². The molecule has 2 aliphatic rings. The van der Waals surface area contributed by atoms with Crippen molar-refractivity contribution in [2.24, 2.45) is 0 Å². The monoisotopic (exact) mass is 291 g/mol. The van der Waals surface area contributed by atoms with Gasteiger partial charge in [-0.2, -0.15) is 0 Å². The maximum Gasteiger partial charge on any atom is 0.0233 e. The first-order valence-electron chi connectivity index (χ1n) is 7.81. The molecule has 4 heteroatoms. The van der Waals surface area contributed by atoms with Crippen LogP contribution in [0.25, 0.3) is 0 Å². The summed E-state index contributed by atoms with van der Waals surface area (Å²) in [6, 6.07) is 11.7. The molecule has 0 aliphatic carbocycles. The highest BCUT2D eigenvalue weighted by atomic mass is 31.0. The molecule has 3 nitrogen and oxygen atoms in total. The third kappa shape index (κ3) is 3.79. The standard InChI is InChI=1S/C16H26N3P/c20-19-12-10-18(11-13-19)16-6-8-17(9-7-16)14-15-4-2-1-3-5-15/h1-5,16H,6-14,20H2. The Hall–Kier alpha value is -0.470. The Morgan fingerprint density at radius 2 is 1.55 bits per heavy atom. The highest BCUT2D eigenvalue weighted by Gasteiger charge is 2.26. The van der Waals surface area contributed by atoms with Gasteiger partial charge in [-0.15, -0.1) is 0 Å². The summed E-state index contributed by atoms with van der Waals surface area (Å²) in [6.07, 6.45) is 2.67. The van der Waals surface area contributed by atoms with Crippen molar-refractivity contribution >= 4 is 9.39 Å². The van der Waals surface area contributed by atoms with Gasteiger partial charge in [0.2, 0.25) is 0 Å². The second kappa shape index (κ2) is 7.00. The van der Waals surface area contributed by atoms with Crippen molar-refractivity contribution in [1.82, 2.24) is 14.5 Å². The molecular weight excluding hydrogens is 265 g/mol. The molecule has 0 bridgehead atoms. The second-order valence-electron chi connectivity index (χ2n) is 6.06. The van der Waals surface area contributed by atoms with Crippen molar-refractivity contribution in [3.05, 3.63) is 35.9 Å². The summed E-state index contributed by atoms with van der Waals surface area (Å²) in [7, 11) is 2.84. The molecule has 0 aromatic heterocycles. The van der Waals surface area contributed by atoms with Gasteiger partial charge in [0.15, 0.2) is 0 Å². The first-order chi connectivity index (χ1) is 9.81. The molecule has 110 valence electrons. The zero-order chi connectivity index (χ0) is 13.8. The van der Waals surface area contributed by atoms with Gasteiger partial charge >= 0.3 is 0 Å². The fourth-order valence-electron chi connectivity index (χ4n) is 3.39. The average Bonchev–Trinajstić information content (AvgIpc) is 2.50. The molecule has 20 heavy (non-hydrogen) atoms. The summed E-state index contributed by atoms with van der Waals surface area (Å²) in [5.74, 6) is 0. The Bertz CT molecular complexity index is 395. The van der Waals surface area contributed by atoms with E-state index in [2.05, 4.69) is 54.2 Å². The molecule has 2 aliphatic heterocycles. The molecule has 0 saturated carbocycles. The quantitative estimate of drug-likeness (QED) is 0.789. The van der Waals surface area contributed by atoms with Crippen LogP contribution in [0.3, 0.4) is 0 Å². The molecule has 1 aromatic rings. The number of piperazine rings is 1. The summed E-state index contributed by atoms with van der Waals surface area (Å²) < 4.78 is 2.36. The summed E-state index contributed by atoms with van der Waals surface area (Å²) in [6.45, 7) is 8.51. The minimum Gasteiger partial charge on any atom is -0.299 e. The van der Waals surface area contributed by atoms with Crippen molar-refractivity contribution in [2.75, 3.05) is 39.3 Å². The summed E-state index contributed by atoms with van der Waals surface area (Å²) in [5.41, 5.74) is 1.45. The third-order valence-electron chi connectivity index (χ3n) is 4.67. The normalized spacial score (nSPS) is 24.1. The van der Waals surface area contributed by atoms with Crippen LogP contribution in [0.5, 0.6) is 0 Å². The van der Waals surface area contributed by atoms with Gasteiger partial charge in [0.05, 0.1) is 0 Å². The first kappa shape index (κ1) is 14.5. The zero-order valence-corrected chi connectivity index (χ0v) is 13.4.